The summed E-state index contributed by atoms with van der Waals surface area (Å²) in [7, 11) is 0. The van der Waals surface area contributed by atoms with Crippen LogP contribution in [0.3, 0.4) is 0 Å². The van der Waals surface area contributed by atoms with Crippen molar-refractivity contribution in [2.75, 3.05) is 24.5 Å². The van der Waals surface area contributed by atoms with Crippen molar-refractivity contribution < 1.29 is 14.4 Å². The third-order valence-electron chi connectivity index (χ3n) is 4.23. The molecule has 0 saturated carbocycles. The molecule has 0 spiro atoms. The lowest BCUT2D eigenvalue weighted by Gasteiger charge is -2.39. The number of aliphatic hydroxyl groups is 1. The Morgan fingerprint density at radius 3 is 2.83 bits per heavy atom. The average Bonchev–Trinajstić information content (AvgIpc) is 2.92. The number of anilines is 1. The molecule has 3 rings (SSSR count). The SMILES string of the molecule is Cc1noc(C)c1C(=O)NC[C@@]1(O)CCCN(c2ncccn2)C1. The molecule has 128 valence electrons. The van der Waals surface area contributed by atoms with E-state index in [0.717, 1.165) is 13.0 Å². The Morgan fingerprint density at radius 2 is 2.17 bits per heavy atom. The molecule has 2 aromatic heterocycles. The van der Waals surface area contributed by atoms with Crippen LogP contribution in [0, 0.1) is 13.8 Å². The third-order valence-corrected chi connectivity index (χ3v) is 4.23. The summed E-state index contributed by atoms with van der Waals surface area (Å²) < 4.78 is 5.01. The second kappa shape index (κ2) is 6.56. The summed E-state index contributed by atoms with van der Waals surface area (Å²) in [5, 5.41) is 17.4. The van der Waals surface area contributed by atoms with Gasteiger partial charge in [0.25, 0.3) is 5.91 Å². The van der Waals surface area contributed by atoms with Crippen LogP contribution in [0.4, 0.5) is 5.95 Å². The van der Waals surface area contributed by atoms with Gasteiger partial charge in [0.1, 0.15) is 11.3 Å². The third kappa shape index (κ3) is 3.38. The van der Waals surface area contributed by atoms with E-state index in [-0.39, 0.29) is 12.5 Å². The first kappa shape index (κ1) is 16.4. The maximum absolute atomic E-state index is 12.3. The molecule has 1 fully saturated rings. The summed E-state index contributed by atoms with van der Waals surface area (Å²) in [4.78, 5) is 22.7. The summed E-state index contributed by atoms with van der Waals surface area (Å²) >= 11 is 0. The minimum absolute atomic E-state index is 0.152. The lowest BCUT2D eigenvalue weighted by Crippen LogP contribution is -2.54. The van der Waals surface area contributed by atoms with Crippen molar-refractivity contribution in [2.24, 2.45) is 0 Å². The molecule has 24 heavy (non-hydrogen) atoms. The second-order valence-electron chi connectivity index (χ2n) is 6.18. The molecule has 0 bridgehead atoms. The Bertz CT molecular complexity index is 698. The number of aromatic nitrogens is 3. The van der Waals surface area contributed by atoms with Gasteiger partial charge in [0.05, 0.1) is 17.8 Å². The van der Waals surface area contributed by atoms with Crippen LogP contribution >= 0.6 is 0 Å². The van der Waals surface area contributed by atoms with Crippen LogP contribution in [0.5, 0.6) is 0 Å². The Kier molecular flexibility index (Phi) is 4.48. The zero-order chi connectivity index (χ0) is 17.2. The van der Waals surface area contributed by atoms with E-state index in [4.69, 9.17) is 4.52 Å². The van der Waals surface area contributed by atoms with Gasteiger partial charge in [0.15, 0.2) is 0 Å². The van der Waals surface area contributed by atoms with Gasteiger partial charge >= 0.3 is 0 Å². The van der Waals surface area contributed by atoms with E-state index < -0.39 is 5.60 Å². The summed E-state index contributed by atoms with van der Waals surface area (Å²) in [5.74, 6) is 0.778. The van der Waals surface area contributed by atoms with E-state index >= 15 is 0 Å². The zero-order valence-corrected chi connectivity index (χ0v) is 13.8. The van der Waals surface area contributed by atoms with Crippen molar-refractivity contribution in [1.82, 2.24) is 20.4 Å². The second-order valence-corrected chi connectivity index (χ2v) is 6.18. The minimum Gasteiger partial charge on any atom is -0.386 e. The van der Waals surface area contributed by atoms with E-state index in [9.17, 15) is 9.90 Å². The van der Waals surface area contributed by atoms with Gasteiger partial charge in [-0.25, -0.2) is 9.97 Å². The Hall–Kier alpha value is -2.48. The maximum atomic E-state index is 12.3. The highest BCUT2D eigenvalue weighted by Gasteiger charge is 2.35. The molecule has 1 aliphatic heterocycles. The molecule has 0 aliphatic carbocycles. The number of amides is 1. The number of β-amino-alcohol motifs (C(OH)–C–C–N with tert-alkyl or cyclic N) is 1. The van der Waals surface area contributed by atoms with Gasteiger partial charge < -0.3 is 19.8 Å². The quantitative estimate of drug-likeness (QED) is 0.855. The molecule has 2 aromatic rings. The van der Waals surface area contributed by atoms with Crippen molar-refractivity contribution in [3.8, 4) is 0 Å². The predicted molar refractivity (Wildman–Crippen MR) is 86.7 cm³/mol. The fourth-order valence-corrected chi connectivity index (χ4v) is 3.02. The van der Waals surface area contributed by atoms with Gasteiger partial charge in [-0.2, -0.15) is 0 Å². The largest absolute Gasteiger partial charge is 0.386 e. The maximum Gasteiger partial charge on any atom is 0.256 e. The molecule has 0 aromatic carbocycles. The van der Waals surface area contributed by atoms with Crippen LogP contribution in [-0.2, 0) is 0 Å². The van der Waals surface area contributed by atoms with Gasteiger partial charge in [-0.05, 0) is 32.8 Å². The van der Waals surface area contributed by atoms with Crippen molar-refractivity contribution in [3.63, 3.8) is 0 Å². The number of carbonyl (C=O) groups excluding carboxylic acids is 1. The first-order valence-electron chi connectivity index (χ1n) is 7.94. The molecule has 1 atom stereocenters. The highest BCUT2D eigenvalue weighted by Crippen LogP contribution is 2.23. The smallest absolute Gasteiger partial charge is 0.256 e. The summed E-state index contributed by atoms with van der Waals surface area (Å²) in [5.41, 5.74) is -0.0517. The molecular formula is C16H21N5O3. The fraction of sp³-hybridized carbons (Fsp3) is 0.500. The summed E-state index contributed by atoms with van der Waals surface area (Å²) in [6.07, 6.45) is 4.76. The lowest BCUT2D eigenvalue weighted by atomic mass is 9.92. The molecule has 1 amide bonds. The van der Waals surface area contributed by atoms with Crippen molar-refractivity contribution in [2.45, 2.75) is 32.3 Å². The summed E-state index contributed by atoms with van der Waals surface area (Å²) in [6.45, 7) is 4.72. The number of hydrogen-bond acceptors (Lipinski definition) is 7. The Morgan fingerprint density at radius 1 is 1.42 bits per heavy atom. The predicted octanol–water partition coefficient (Wildman–Crippen LogP) is 0.843. The van der Waals surface area contributed by atoms with Crippen LogP contribution < -0.4 is 10.2 Å². The molecule has 2 N–H and O–H groups in total. The first-order chi connectivity index (χ1) is 11.5. The first-order valence-corrected chi connectivity index (χ1v) is 7.94. The molecule has 0 radical (unpaired) electrons. The van der Waals surface area contributed by atoms with Crippen LogP contribution in [0.15, 0.2) is 23.0 Å². The van der Waals surface area contributed by atoms with Gasteiger partial charge in [-0.15, -0.1) is 0 Å². The van der Waals surface area contributed by atoms with Crippen molar-refractivity contribution in [1.29, 1.82) is 0 Å². The zero-order valence-electron chi connectivity index (χ0n) is 13.8. The van der Waals surface area contributed by atoms with Gasteiger partial charge in [-0.3, -0.25) is 4.79 Å². The average molecular weight is 331 g/mol. The van der Waals surface area contributed by atoms with E-state index in [1.807, 2.05) is 4.90 Å². The summed E-state index contributed by atoms with van der Waals surface area (Å²) in [6, 6.07) is 1.75. The monoisotopic (exact) mass is 331 g/mol. The highest BCUT2D eigenvalue weighted by molar-refractivity contribution is 5.96. The van der Waals surface area contributed by atoms with Crippen LogP contribution in [0.25, 0.3) is 0 Å². The van der Waals surface area contributed by atoms with E-state index in [2.05, 4.69) is 20.4 Å². The molecule has 8 nitrogen and oxygen atoms in total. The van der Waals surface area contributed by atoms with Gasteiger partial charge in [-0.1, -0.05) is 5.16 Å². The van der Waals surface area contributed by atoms with Gasteiger partial charge in [0, 0.05) is 25.5 Å². The van der Waals surface area contributed by atoms with Crippen LogP contribution in [0.1, 0.15) is 34.7 Å². The topological polar surface area (TPSA) is 104 Å². The Balaban J connectivity index is 1.65. The standard InChI is InChI=1S/C16H21N5O3/c1-11-13(12(2)24-20-11)14(22)19-9-16(23)5-3-8-21(10-16)15-17-6-4-7-18-15/h4,6-7,23H,3,5,8-10H2,1-2H3,(H,19,22)/t16-/m0/s1. The van der Waals surface area contributed by atoms with Crippen LogP contribution in [-0.4, -0.2) is 51.4 Å². The molecule has 8 heteroatoms. The van der Waals surface area contributed by atoms with Gasteiger partial charge in [0.2, 0.25) is 5.95 Å². The number of rotatable bonds is 4. The fourth-order valence-electron chi connectivity index (χ4n) is 3.02. The van der Waals surface area contributed by atoms with Crippen molar-refractivity contribution in [3.05, 3.63) is 35.5 Å². The molecule has 1 saturated heterocycles. The molecular weight excluding hydrogens is 310 g/mol. The van der Waals surface area contributed by atoms with E-state index in [1.54, 1.807) is 32.3 Å². The number of hydrogen-bond donors (Lipinski definition) is 2. The normalized spacial score (nSPS) is 20.9. The molecule has 1 aliphatic rings. The number of aryl methyl sites for hydroxylation is 2. The number of nitrogens with one attached hydrogen (secondary N) is 1. The van der Waals surface area contributed by atoms with Crippen molar-refractivity contribution >= 4 is 11.9 Å². The van der Waals surface area contributed by atoms with E-state index in [0.29, 0.717) is 35.9 Å². The number of carbonyl (C=O) groups is 1. The van der Waals surface area contributed by atoms with E-state index in [1.165, 1.54) is 0 Å². The molecule has 3 heterocycles. The Labute approximate surface area is 139 Å². The minimum atomic E-state index is -1.02. The lowest BCUT2D eigenvalue weighted by molar-refractivity contribution is 0.0252. The number of nitrogens with zero attached hydrogens (tertiary/aromatic N) is 4. The molecule has 0 unspecified atom stereocenters. The number of piperidine rings is 1. The van der Waals surface area contributed by atoms with Crippen LogP contribution in [0.2, 0.25) is 0 Å². The highest BCUT2D eigenvalue weighted by atomic mass is 16.5.